The maximum Gasteiger partial charge on any atom is 0.469 e. The Morgan fingerprint density at radius 3 is 2.70 bits per heavy atom. The summed E-state index contributed by atoms with van der Waals surface area (Å²) in [6.07, 6.45) is 5.06. The normalized spacial score (nSPS) is 11.6. The van der Waals surface area contributed by atoms with Crippen molar-refractivity contribution < 1.29 is 41.9 Å². The summed E-state index contributed by atoms with van der Waals surface area (Å²) in [4.78, 5) is 40.7. The number of amides is 1. The van der Waals surface area contributed by atoms with Gasteiger partial charge in [-0.3, -0.25) is 14.0 Å². The van der Waals surface area contributed by atoms with Crippen LogP contribution in [0.1, 0.15) is 13.3 Å². The van der Waals surface area contributed by atoms with Crippen molar-refractivity contribution in [2.24, 2.45) is 0 Å². The number of halogens is 2. The van der Waals surface area contributed by atoms with Crippen molar-refractivity contribution in [3.8, 4) is 11.5 Å². The Balaban J connectivity index is 1.36. The van der Waals surface area contributed by atoms with Gasteiger partial charge in [0.1, 0.15) is 18.7 Å². The molecule has 1 amide bonds. The molecule has 2 aromatic heterocycles. The lowest BCUT2D eigenvalue weighted by Crippen LogP contribution is -2.29. The van der Waals surface area contributed by atoms with Gasteiger partial charge in [-0.25, -0.2) is 23.3 Å². The Kier molecular flexibility index (Phi) is 11.1. The Labute approximate surface area is 251 Å². The van der Waals surface area contributed by atoms with E-state index in [1.165, 1.54) is 36.4 Å². The summed E-state index contributed by atoms with van der Waals surface area (Å²) < 4.78 is 55.5. The molecule has 17 heteroatoms. The third-order valence-electron chi connectivity index (χ3n) is 6.34. The van der Waals surface area contributed by atoms with Crippen molar-refractivity contribution in [2.45, 2.75) is 19.9 Å². The van der Waals surface area contributed by atoms with E-state index in [2.05, 4.69) is 30.2 Å². The molecule has 236 valence electrons. The van der Waals surface area contributed by atoms with E-state index in [4.69, 9.17) is 19.3 Å². The van der Waals surface area contributed by atoms with E-state index in [9.17, 15) is 18.1 Å². The number of anilines is 3. The fourth-order valence-corrected chi connectivity index (χ4v) is 4.53. The minimum atomic E-state index is -4.49. The first kappa shape index (κ1) is 32.7. The van der Waals surface area contributed by atoms with Crippen molar-refractivity contribution in [3.63, 3.8) is 0 Å². The van der Waals surface area contributed by atoms with E-state index in [0.29, 0.717) is 66.6 Å². The monoisotopic (exact) mass is 635 g/mol. The number of phosphoric ester groups is 1. The third-order valence-corrected chi connectivity index (χ3v) is 6.86. The number of benzene rings is 2. The molecule has 2 heterocycles. The molecule has 2 aromatic carbocycles. The van der Waals surface area contributed by atoms with E-state index in [-0.39, 0.29) is 18.8 Å². The third kappa shape index (κ3) is 9.14. The number of ether oxygens (including phenoxy) is 2. The molecule has 0 fully saturated rings. The summed E-state index contributed by atoms with van der Waals surface area (Å²) in [5, 5.41) is 10.2. The number of hydrogen-bond donors (Lipinski definition) is 4. The molecule has 4 aromatic rings. The Hall–Kier alpha value is -4.21. The molecule has 14 nitrogen and oxygen atoms in total. The molecule has 44 heavy (non-hydrogen) atoms. The van der Waals surface area contributed by atoms with E-state index in [1.807, 2.05) is 11.8 Å². The van der Waals surface area contributed by atoms with Gasteiger partial charge in [0, 0.05) is 30.7 Å². The van der Waals surface area contributed by atoms with Gasteiger partial charge in [-0.05, 0) is 31.2 Å². The van der Waals surface area contributed by atoms with Crippen LogP contribution in [0.3, 0.4) is 0 Å². The first-order chi connectivity index (χ1) is 21.1. The fourth-order valence-electron chi connectivity index (χ4n) is 4.21. The van der Waals surface area contributed by atoms with Crippen LogP contribution in [0.5, 0.6) is 11.5 Å². The summed E-state index contributed by atoms with van der Waals surface area (Å²) in [6.45, 7) is 3.65. The quantitative estimate of drug-likeness (QED) is 0.104. The van der Waals surface area contributed by atoms with Crippen LogP contribution in [-0.2, 0) is 20.4 Å². The molecule has 0 saturated heterocycles. The largest absolute Gasteiger partial charge is 0.493 e. The zero-order valence-electron chi connectivity index (χ0n) is 23.9. The molecule has 0 aliphatic heterocycles. The number of hydrogen-bond acceptors (Lipinski definition) is 10. The highest BCUT2D eigenvalue weighted by Gasteiger charge is 2.16. The molecule has 0 bridgehead atoms. The smallest absolute Gasteiger partial charge is 0.469 e. The molecule has 0 saturated carbocycles. The molecule has 0 aliphatic rings. The molecule has 0 aliphatic carbocycles. The number of nitrogens with zero attached hydrogens (tertiary/aromatic N) is 5. The van der Waals surface area contributed by atoms with Crippen LogP contribution >= 0.6 is 7.82 Å². The number of fused-ring (bicyclic) bond motifs is 1. The molecular weight excluding hydrogens is 603 g/mol. The lowest BCUT2D eigenvalue weighted by atomic mass is 10.2. The highest BCUT2D eigenvalue weighted by atomic mass is 31.2. The second-order valence-electron chi connectivity index (χ2n) is 9.40. The number of aromatic nitrogens is 4. The lowest BCUT2D eigenvalue weighted by molar-refractivity contribution is -0.116. The van der Waals surface area contributed by atoms with Crippen molar-refractivity contribution in [2.75, 3.05) is 50.6 Å². The molecule has 0 radical (unpaired) electrons. The Morgan fingerprint density at radius 1 is 1.14 bits per heavy atom. The van der Waals surface area contributed by atoms with Crippen LogP contribution in [0.2, 0.25) is 0 Å². The predicted molar refractivity (Wildman–Crippen MR) is 157 cm³/mol. The van der Waals surface area contributed by atoms with Gasteiger partial charge in [-0.15, -0.1) is 0 Å². The number of methoxy groups -OCH3 is 1. The summed E-state index contributed by atoms with van der Waals surface area (Å²) in [6, 6.07) is 6.97. The highest BCUT2D eigenvalue weighted by molar-refractivity contribution is 7.46. The van der Waals surface area contributed by atoms with Crippen molar-refractivity contribution in [3.05, 3.63) is 60.7 Å². The minimum Gasteiger partial charge on any atom is -0.493 e. The molecule has 0 atom stereocenters. The van der Waals surface area contributed by atoms with Gasteiger partial charge in [0.25, 0.3) is 0 Å². The summed E-state index contributed by atoms with van der Waals surface area (Å²) in [7, 11) is -2.98. The maximum atomic E-state index is 13.9. The van der Waals surface area contributed by atoms with E-state index >= 15 is 0 Å². The van der Waals surface area contributed by atoms with Crippen LogP contribution in [-0.4, -0.2) is 80.3 Å². The SMILES string of the molecule is CCN(CCCOc1cc2ncnc(Nc3cnn(CC(=O)Nc4cccc(F)c4F)c3)c2cc1OC)CCOP(=O)(O)O. The second kappa shape index (κ2) is 15.0. The van der Waals surface area contributed by atoms with Crippen molar-refractivity contribution in [1.82, 2.24) is 24.6 Å². The van der Waals surface area contributed by atoms with Gasteiger partial charge < -0.3 is 34.8 Å². The van der Waals surface area contributed by atoms with Crippen LogP contribution in [0.15, 0.2) is 49.1 Å². The number of carbonyl (C=O) groups is 1. The number of carbonyl (C=O) groups excluding carboxylic acids is 1. The average molecular weight is 636 g/mol. The van der Waals surface area contributed by atoms with E-state index < -0.39 is 25.4 Å². The van der Waals surface area contributed by atoms with E-state index in [0.717, 1.165) is 6.07 Å². The van der Waals surface area contributed by atoms with Crippen LogP contribution in [0.25, 0.3) is 10.9 Å². The predicted octanol–water partition coefficient (Wildman–Crippen LogP) is 3.70. The molecule has 0 spiro atoms. The maximum absolute atomic E-state index is 13.9. The van der Waals surface area contributed by atoms with Gasteiger partial charge in [0.05, 0.1) is 43.4 Å². The summed E-state index contributed by atoms with van der Waals surface area (Å²) in [5.74, 6) is -1.42. The first-order valence-electron chi connectivity index (χ1n) is 13.5. The Bertz CT molecular complexity index is 1640. The fraction of sp³-hybridized carbons (Fsp3) is 0.333. The van der Waals surface area contributed by atoms with Gasteiger partial charge in [-0.1, -0.05) is 13.0 Å². The Morgan fingerprint density at radius 2 is 1.95 bits per heavy atom. The molecule has 0 unspecified atom stereocenters. The summed E-state index contributed by atoms with van der Waals surface area (Å²) in [5.41, 5.74) is 0.826. The van der Waals surface area contributed by atoms with Crippen LogP contribution in [0.4, 0.5) is 26.0 Å². The number of likely N-dealkylation sites (N-methyl/N-ethyl adjacent to an activating group) is 1. The lowest BCUT2D eigenvalue weighted by Gasteiger charge is -2.20. The average Bonchev–Trinajstić information content (AvgIpc) is 3.42. The summed E-state index contributed by atoms with van der Waals surface area (Å²) >= 11 is 0. The van der Waals surface area contributed by atoms with Gasteiger partial charge >= 0.3 is 7.82 Å². The number of rotatable bonds is 16. The van der Waals surface area contributed by atoms with Gasteiger partial charge in [0.2, 0.25) is 5.91 Å². The zero-order chi connectivity index (χ0) is 31.7. The molecular formula is C27H32F2N7O7P. The zero-order valence-corrected chi connectivity index (χ0v) is 24.8. The standard InChI is InChI=1S/C27H32F2N7O7P/c1-3-35(9-11-43-44(38,39)40)8-5-10-42-24-13-22-19(12-23(24)41-2)27(31-17-30-22)33-18-14-32-36(15-18)16-25(37)34-21-7-4-6-20(28)26(21)29/h4,6-7,12-15,17H,3,5,8-11,16H2,1-2H3,(H,34,37)(H,30,31,33)(H2,38,39,40). The highest BCUT2D eigenvalue weighted by Crippen LogP contribution is 2.36. The molecule has 4 N–H and O–H groups in total. The van der Waals surface area contributed by atoms with E-state index in [1.54, 1.807) is 18.3 Å². The first-order valence-corrected chi connectivity index (χ1v) is 15.0. The van der Waals surface area contributed by atoms with Crippen molar-refractivity contribution >= 4 is 41.8 Å². The van der Waals surface area contributed by atoms with Crippen LogP contribution < -0.4 is 20.1 Å². The van der Waals surface area contributed by atoms with Crippen LogP contribution in [0, 0.1) is 11.6 Å². The van der Waals surface area contributed by atoms with Gasteiger partial charge in [-0.2, -0.15) is 5.10 Å². The second-order valence-corrected chi connectivity index (χ2v) is 10.6. The molecule has 4 rings (SSSR count). The minimum absolute atomic E-state index is 0.0819. The van der Waals surface area contributed by atoms with Gasteiger partial charge in [0.15, 0.2) is 23.1 Å². The topological polar surface area (TPSA) is 173 Å². The van der Waals surface area contributed by atoms with Crippen molar-refractivity contribution in [1.29, 1.82) is 0 Å². The number of nitrogens with one attached hydrogen (secondary N) is 2. The number of phosphoric acid groups is 1.